The van der Waals surface area contributed by atoms with Crippen LogP contribution in [0.4, 0.5) is 14.9 Å². The van der Waals surface area contributed by atoms with Crippen LogP contribution in [0.5, 0.6) is 11.5 Å². The van der Waals surface area contributed by atoms with E-state index in [9.17, 15) is 18.8 Å². The first-order chi connectivity index (χ1) is 17.4. The van der Waals surface area contributed by atoms with Crippen LogP contribution in [-0.4, -0.2) is 24.5 Å². The highest BCUT2D eigenvalue weighted by Crippen LogP contribution is 2.29. The van der Waals surface area contributed by atoms with Crippen molar-refractivity contribution in [2.24, 2.45) is 0 Å². The molecule has 0 spiro atoms. The summed E-state index contributed by atoms with van der Waals surface area (Å²) in [5, 5.41) is 2.51. The predicted octanol–water partition coefficient (Wildman–Crippen LogP) is 5.51. The number of ether oxygens (including phenoxy) is 2. The smallest absolute Gasteiger partial charge is 0.335 e. The van der Waals surface area contributed by atoms with Gasteiger partial charge in [-0.05, 0) is 61.0 Å². The number of halogens is 2. The lowest BCUT2D eigenvalue weighted by Crippen LogP contribution is -2.54. The average Bonchev–Trinajstić information content (AvgIpc) is 2.86. The van der Waals surface area contributed by atoms with E-state index in [1.54, 1.807) is 54.6 Å². The molecule has 0 bridgehead atoms. The Balaban J connectivity index is 1.63. The summed E-state index contributed by atoms with van der Waals surface area (Å²) in [4.78, 5) is 39.2. The second-order valence-corrected chi connectivity index (χ2v) is 8.30. The minimum absolute atomic E-state index is 0.0817. The van der Waals surface area contributed by atoms with Crippen LogP contribution in [0, 0.1) is 5.82 Å². The van der Waals surface area contributed by atoms with Crippen molar-refractivity contribution < 1.29 is 28.2 Å². The number of barbiturate groups is 1. The molecule has 1 fully saturated rings. The number of hydrogen-bond acceptors (Lipinski definition) is 5. The van der Waals surface area contributed by atoms with E-state index in [0.29, 0.717) is 28.5 Å². The SMILES string of the molecule is CCCOc1ccc(N2C(=O)NC(=O)/C(=C/c3cc(Cl)ccc3OCc3ccccc3F)C2=O)cc1. The van der Waals surface area contributed by atoms with Crippen molar-refractivity contribution in [2.75, 3.05) is 11.5 Å². The molecule has 4 amide bonds. The monoisotopic (exact) mass is 508 g/mol. The molecule has 3 aromatic carbocycles. The lowest BCUT2D eigenvalue weighted by molar-refractivity contribution is -0.122. The molecule has 36 heavy (non-hydrogen) atoms. The first kappa shape index (κ1) is 24.9. The van der Waals surface area contributed by atoms with Gasteiger partial charge in [-0.25, -0.2) is 14.1 Å². The van der Waals surface area contributed by atoms with E-state index in [4.69, 9.17) is 21.1 Å². The van der Waals surface area contributed by atoms with Crippen molar-refractivity contribution in [3.8, 4) is 11.5 Å². The number of imide groups is 2. The molecule has 3 aromatic rings. The standard InChI is InChI=1S/C27H22ClFN2O5/c1-2-13-35-21-10-8-20(9-11-21)31-26(33)22(25(32)30-27(31)34)15-18-14-19(28)7-12-24(18)36-16-17-5-3-4-6-23(17)29/h3-12,14-15H,2,13,16H2,1H3,(H,30,32,34)/b22-15-. The highest BCUT2D eigenvalue weighted by molar-refractivity contribution is 6.39. The minimum atomic E-state index is -0.869. The van der Waals surface area contributed by atoms with Crippen molar-refractivity contribution in [3.63, 3.8) is 0 Å². The lowest BCUT2D eigenvalue weighted by atomic mass is 10.1. The molecule has 4 rings (SSSR count). The highest BCUT2D eigenvalue weighted by atomic mass is 35.5. The van der Waals surface area contributed by atoms with E-state index in [1.807, 2.05) is 6.92 Å². The summed E-state index contributed by atoms with van der Waals surface area (Å²) in [5.74, 6) is -1.23. The van der Waals surface area contributed by atoms with Crippen LogP contribution in [0.25, 0.3) is 6.08 Å². The Bertz CT molecular complexity index is 1340. The molecule has 0 unspecified atom stereocenters. The molecular weight excluding hydrogens is 487 g/mol. The summed E-state index contributed by atoms with van der Waals surface area (Å²) in [7, 11) is 0. The van der Waals surface area contributed by atoms with Crippen molar-refractivity contribution in [3.05, 3.63) is 94.3 Å². The molecule has 184 valence electrons. The fourth-order valence-electron chi connectivity index (χ4n) is 3.49. The van der Waals surface area contributed by atoms with Crippen molar-refractivity contribution in [1.82, 2.24) is 5.32 Å². The molecule has 0 radical (unpaired) electrons. The summed E-state index contributed by atoms with van der Waals surface area (Å²) in [5.41, 5.74) is 0.622. The normalized spacial score (nSPS) is 14.7. The summed E-state index contributed by atoms with van der Waals surface area (Å²) in [6, 6.07) is 16.3. The Hall–Kier alpha value is -4.17. The number of carbonyl (C=O) groups is 3. The first-order valence-electron chi connectivity index (χ1n) is 11.2. The Labute approximate surface area is 212 Å². The number of amides is 4. The number of nitrogens with zero attached hydrogens (tertiary/aromatic N) is 1. The van der Waals surface area contributed by atoms with E-state index < -0.39 is 23.7 Å². The van der Waals surface area contributed by atoms with Gasteiger partial charge >= 0.3 is 6.03 Å². The largest absolute Gasteiger partial charge is 0.494 e. The van der Waals surface area contributed by atoms with Gasteiger partial charge in [-0.15, -0.1) is 0 Å². The molecular formula is C27H22ClFN2O5. The Morgan fingerprint density at radius 2 is 1.75 bits per heavy atom. The third-order valence-electron chi connectivity index (χ3n) is 5.28. The Morgan fingerprint density at radius 3 is 2.47 bits per heavy atom. The first-order valence-corrected chi connectivity index (χ1v) is 11.5. The van der Waals surface area contributed by atoms with E-state index >= 15 is 0 Å². The third kappa shape index (κ3) is 5.55. The highest BCUT2D eigenvalue weighted by Gasteiger charge is 2.37. The second kappa shape index (κ2) is 11.0. The lowest BCUT2D eigenvalue weighted by Gasteiger charge is -2.26. The molecule has 7 nitrogen and oxygen atoms in total. The van der Waals surface area contributed by atoms with Crippen molar-refractivity contribution >= 4 is 41.2 Å². The zero-order valence-corrected chi connectivity index (χ0v) is 20.0. The van der Waals surface area contributed by atoms with Gasteiger partial charge in [0.25, 0.3) is 11.8 Å². The number of hydrogen-bond donors (Lipinski definition) is 1. The van der Waals surface area contributed by atoms with Gasteiger partial charge in [0.05, 0.1) is 12.3 Å². The van der Waals surface area contributed by atoms with Crippen LogP contribution in [0.1, 0.15) is 24.5 Å². The maximum atomic E-state index is 14.0. The van der Waals surface area contributed by atoms with Gasteiger partial charge in [-0.2, -0.15) is 0 Å². The molecule has 0 saturated carbocycles. The van der Waals surface area contributed by atoms with Gasteiger partial charge in [0, 0.05) is 16.1 Å². The molecule has 1 aliphatic heterocycles. The molecule has 0 aromatic heterocycles. The van der Waals surface area contributed by atoms with Crippen LogP contribution >= 0.6 is 11.6 Å². The fourth-order valence-corrected chi connectivity index (χ4v) is 3.67. The van der Waals surface area contributed by atoms with Crippen molar-refractivity contribution in [2.45, 2.75) is 20.0 Å². The second-order valence-electron chi connectivity index (χ2n) is 7.86. The molecule has 0 aliphatic carbocycles. The minimum Gasteiger partial charge on any atom is -0.494 e. The molecule has 1 aliphatic rings. The fraction of sp³-hybridized carbons (Fsp3) is 0.148. The van der Waals surface area contributed by atoms with Crippen LogP contribution < -0.4 is 19.7 Å². The van der Waals surface area contributed by atoms with Gasteiger partial charge in [-0.3, -0.25) is 14.9 Å². The zero-order valence-electron chi connectivity index (χ0n) is 19.3. The summed E-state index contributed by atoms with van der Waals surface area (Å²) in [6.45, 7) is 2.43. The maximum absolute atomic E-state index is 14.0. The number of rotatable bonds is 8. The zero-order chi connectivity index (χ0) is 25.7. The van der Waals surface area contributed by atoms with E-state index in [0.717, 1.165) is 11.3 Å². The number of anilines is 1. The van der Waals surface area contributed by atoms with Gasteiger partial charge in [0.2, 0.25) is 0 Å². The van der Waals surface area contributed by atoms with Gasteiger partial charge < -0.3 is 9.47 Å². The third-order valence-corrected chi connectivity index (χ3v) is 5.52. The Kier molecular flexibility index (Phi) is 7.65. The number of benzene rings is 3. The Morgan fingerprint density at radius 1 is 1.00 bits per heavy atom. The molecule has 1 N–H and O–H groups in total. The average molecular weight is 509 g/mol. The maximum Gasteiger partial charge on any atom is 0.335 e. The van der Waals surface area contributed by atoms with Gasteiger partial charge in [-0.1, -0.05) is 36.7 Å². The molecule has 1 saturated heterocycles. The van der Waals surface area contributed by atoms with Gasteiger partial charge in [0.1, 0.15) is 29.5 Å². The van der Waals surface area contributed by atoms with Crippen LogP contribution in [-0.2, 0) is 16.2 Å². The number of carbonyl (C=O) groups excluding carboxylic acids is 3. The van der Waals surface area contributed by atoms with Crippen molar-refractivity contribution in [1.29, 1.82) is 0 Å². The molecule has 0 atom stereocenters. The topological polar surface area (TPSA) is 84.9 Å². The van der Waals surface area contributed by atoms with Crippen LogP contribution in [0.15, 0.2) is 72.3 Å². The quantitative estimate of drug-likeness (QED) is 0.320. The summed E-state index contributed by atoms with van der Waals surface area (Å²) in [6.07, 6.45) is 2.12. The van der Waals surface area contributed by atoms with Crippen LogP contribution in [0.2, 0.25) is 5.02 Å². The van der Waals surface area contributed by atoms with E-state index in [1.165, 1.54) is 18.2 Å². The van der Waals surface area contributed by atoms with E-state index in [-0.39, 0.29) is 23.6 Å². The molecule has 9 heteroatoms. The van der Waals surface area contributed by atoms with E-state index in [2.05, 4.69) is 5.32 Å². The van der Waals surface area contributed by atoms with Gasteiger partial charge in [0.15, 0.2) is 0 Å². The number of urea groups is 1. The predicted molar refractivity (Wildman–Crippen MR) is 133 cm³/mol. The number of nitrogens with one attached hydrogen (secondary N) is 1. The summed E-state index contributed by atoms with van der Waals surface area (Å²) < 4.78 is 25.3. The molecule has 1 heterocycles. The van der Waals surface area contributed by atoms with Crippen LogP contribution in [0.3, 0.4) is 0 Å². The summed E-state index contributed by atoms with van der Waals surface area (Å²) >= 11 is 6.14.